The highest BCUT2D eigenvalue weighted by molar-refractivity contribution is 5.67. The van der Waals surface area contributed by atoms with Crippen molar-refractivity contribution in [2.24, 2.45) is 0 Å². The number of rotatable bonds is 2. The first kappa shape index (κ1) is 11.7. The highest BCUT2D eigenvalue weighted by atomic mass is 16.5. The van der Waals surface area contributed by atoms with E-state index in [9.17, 15) is 0 Å². The highest BCUT2D eigenvalue weighted by Gasteiger charge is 2.27. The molecule has 0 N–H and O–H groups in total. The van der Waals surface area contributed by atoms with Crippen LogP contribution in [0.15, 0.2) is 30.5 Å². The Morgan fingerprint density at radius 1 is 1.25 bits per heavy atom. The zero-order chi connectivity index (χ0) is 13.5. The Labute approximate surface area is 118 Å². The second-order valence-electron chi connectivity index (χ2n) is 5.53. The van der Waals surface area contributed by atoms with Gasteiger partial charge in [-0.3, -0.25) is 0 Å². The van der Waals surface area contributed by atoms with E-state index in [1.165, 1.54) is 24.1 Å². The largest absolute Gasteiger partial charge is 0.490 e. The van der Waals surface area contributed by atoms with Crippen LogP contribution in [0.25, 0.3) is 0 Å². The van der Waals surface area contributed by atoms with Crippen molar-refractivity contribution in [1.29, 1.82) is 0 Å². The van der Waals surface area contributed by atoms with Gasteiger partial charge in [0.25, 0.3) is 0 Å². The van der Waals surface area contributed by atoms with Crippen LogP contribution >= 0.6 is 0 Å². The van der Waals surface area contributed by atoms with Gasteiger partial charge >= 0.3 is 0 Å². The second kappa shape index (κ2) is 4.47. The average Bonchev–Trinajstić information content (AvgIpc) is 3.31. The fourth-order valence-electron chi connectivity index (χ4n) is 2.63. The summed E-state index contributed by atoms with van der Waals surface area (Å²) < 4.78 is 5.75. The molecule has 1 aliphatic carbocycles. The highest BCUT2D eigenvalue weighted by Crippen LogP contribution is 2.40. The van der Waals surface area contributed by atoms with E-state index in [4.69, 9.17) is 9.72 Å². The monoisotopic (exact) mass is 267 g/mol. The Balaban J connectivity index is 1.74. The molecule has 2 aliphatic rings. The Hall–Kier alpha value is -2.10. The first-order valence-corrected chi connectivity index (χ1v) is 7.15. The smallest absolute Gasteiger partial charge is 0.230 e. The maximum Gasteiger partial charge on any atom is 0.230 e. The van der Waals surface area contributed by atoms with Gasteiger partial charge in [0.15, 0.2) is 0 Å². The Morgan fingerprint density at radius 3 is 3.00 bits per heavy atom. The zero-order valence-corrected chi connectivity index (χ0v) is 11.5. The van der Waals surface area contributed by atoms with Gasteiger partial charge < -0.3 is 9.64 Å². The van der Waals surface area contributed by atoms with Crippen LogP contribution in [-0.2, 0) is 0 Å². The van der Waals surface area contributed by atoms with Crippen LogP contribution in [0.2, 0.25) is 0 Å². The Bertz CT molecular complexity index is 652. The summed E-state index contributed by atoms with van der Waals surface area (Å²) in [5.74, 6) is 2.37. The van der Waals surface area contributed by atoms with Gasteiger partial charge in [-0.1, -0.05) is 6.07 Å². The Morgan fingerprint density at radius 2 is 2.15 bits per heavy atom. The van der Waals surface area contributed by atoms with Crippen LogP contribution in [0.1, 0.15) is 30.0 Å². The molecule has 2 aromatic rings. The number of nitrogens with zero attached hydrogens (tertiary/aromatic N) is 3. The molecule has 102 valence electrons. The van der Waals surface area contributed by atoms with E-state index in [0.717, 1.165) is 23.9 Å². The standard InChI is InChI=1S/C16H17N3O/c1-11-2-5-14-15(10-11)20-9-8-19(14)16-17-7-6-13(18-16)12-3-4-12/h2,5-7,10,12H,3-4,8-9H2,1H3. The molecule has 0 radical (unpaired) electrons. The number of ether oxygens (including phenoxy) is 1. The predicted molar refractivity (Wildman–Crippen MR) is 77.7 cm³/mol. The van der Waals surface area contributed by atoms with Crippen LogP contribution in [0.5, 0.6) is 5.75 Å². The third-order valence-electron chi connectivity index (χ3n) is 3.88. The van der Waals surface area contributed by atoms with Crippen LogP contribution < -0.4 is 9.64 Å². The summed E-state index contributed by atoms with van der Waals surface area (Å²) in [6.45, 7) is 3.55. The lowest BCUT2D eigenvalue weighted by molar-refractivity contribution is 0.313. The van der Waals surface area contributed by atoms with Gasteiger partial charge in [0, 0.05) is 17.8 Å². The molecule has 4 heteroatoms. The molecule has 4 nitrogen and oxygen atoms in total. The number of hydrogen-bond donors (Lipinski definition) is 0. The second-order valence-corrected chi connectivity index (χ2v) is 5.53. The predicted octanol–water partition coefficient (Wildman–Crippen LogP) is 3.19. The minimum atomic E-state index is 0.648. The van der Waals surface area contributed by atoms with Crippen LogP contribution in [0, 0.1) is 6.92 Å². The number of aryl methyl sites for hydroxylation is 1. The molecule has 1 fully saturated rings. The van der Waals surface area contributed by atoms with Gasteiger partial charge in [0.2, 0.25) is 5.95 Å². The molecule has 0 amide bonds. The minimum absolute atomic E-state index is 0.648. The van der Waals surface area contributed by atoms with Gasteiger partial charge in [-0.2, -0.15) is 0 Å². The molecule has 1 aromatic carbocycles. The lowest BCUT2D eigenvalue weighted by atomic mass is 10.2. The lowest BCUT2D eigenvalue weighted by Crippen LogP contribution is -2.30. The molecular weight excluding hydrogens is 250 g/mol. The molecule has 20 heavy (non-hydrogen) atoms. The summed E-state index contributed by atoms with van der Waals surface area (Å²) in [5.41, 5.74) is 3.45. The molecule has 1 aromatic heterocycles. The van der Waals surface area contributed by atoms with Crippen LogP contribution in [0.4, 0.5) is 11.6 Å². The average molecular weight is 267 g/mol. The van der Waals surface area contributed by atoms with E-state index in [-0.39, 0.29) is 0 Å². The molecule has 0 unspecified atom stereocenters. The van der Waals surface area contributed by atoms with Gasteiger partial charge in [-0.05, 0) is 43.5 Å². The normalized spacial score (nSPS) is 17.6. The number of fused-ring (bicyclic) bond motifs is 1. The lowest BCUT2D eigenvalue weighted by Gasteiger charge is -2.29. The molecule has 1 aliphatic heterocycles. The number of hydrogen-bond acceptors (Lipinski definition) is 4. The molecule has 2 heterocycles. The molecular formula is C16H17N3O. The van der Waals surface area contributed by atoms with Crippen molar-refractivity contribution < 1.29 is 4.74 Å². The number of aromatic nitrogens is 2. The summed E-state index contributed by atoms with van der Waals surface area (Å²) in [6, 6.07) is 8.31. The summed E-state index contributed by atoms with van der Waals surface area (Å²) in [6.07, 6.45) is 4.39. The summed E-state index contributed by atoms with van der Waals surface area (Å²) in [5, 5.41) is 0. The van der Waals surface area contributed by atoms with Gasteiger partial charge in [-0.25, -0.2) is 9.97 Å². The topological polar surface area (TPSA) is 38.2 Å². The molecule has 0 bridgehead atoms. The molecule has 4 rings (SSSR count). The number of anilines is 2. The van der Waals surface area contributed by atoms with Crippen molar-refractivity contribution in [2.75, 3.05) is 18.1 Å². The van der Waals surface area contributed by atoms with Crippen molar-refractivity contribution in [3.8, 4) is 5.75 Å². The van der Waals surface area contributed by atoms with E-state index < -0.39 is 0 Å². The summed E-state index contributed by atoms with van der Waals surface area (Å²) in [4.78, 5) is 11.3. The van der Waals surface area contributed by atoms with Crippen molar-refractivity contribution in [2.45, 2.75) is 25.7 Å². The quantitative estimate of drug-likeness (QED) is 0.837. The molecule has 0 atom stereocenters. The summed E-state index contributed by atoms with van der Waals surface area (Å²) >= 11 is 0. The zero-order valence-electron chi connectivity index (χ0n) is 11.5. The van der Waals surface area contributed by atoms with E-state index in [0.29, 0.717) is 12.5 Å². The summed E-state index contributed by atoms with van der Waals surface area (Å²) in [7, 11) is 0. The first-order valence-electron chi connectivity index (χ1n) is 7.15. The Kier molecular flexibility index (Phi) is 2.62. The molecule has 0 saturated heterocycles. The van der Waals surface area contributed by atoms with Crippen molar-refractivity contribution >= 4 is 11.6 Å². The SMILES string of the molecule is Cc1ccc2c(c1)OCCN2c1nccc(C2CC2)n1. The van der Waals surface area contributed by atoms with Crippen LogP contribution in [0.3, 0.4) is 0 Å². The van der Waals surface area contributed by atoms with Gasteiger partial charge in [0.1, 0.15) is 12.4 Å². The molecule has 1 saturated carbocycles. The van der Waals surface area contributed by atoms with Gasteiger partial charge in [0.05, 0.1) is 12.2 Å². The van der Waals surface area contributed by atoms with E-state index in [2.05, 4.69) is 35.0 Å². The third-order valence-corrected chi connectivity index (χ3v) is 3.88. The number of benzene rings is 1. The fraction of sp³-hybridized carbons (Fsp3) is 0.375. The van der Waals surface area contributed by atoms with Crippen molar-refractivity contribution in [1.82, 2.24) is 9.97 Å². The maximum atomic E-state index is 5.75. The van der Waals surface area contributed by atoms with E-state index in [1.54, 1.807) is 0 Å². The minimum Gasteiger partial charge on any atom is -0.490 e. The van der Waals surface area contributed by atoms with E-state index >= 15 is 0 Å². The van der Waals surface area contributed by atoms with Crippen molar-refractivity contribution in [3.63, 3.8) is 0 Å². The van der Waals surface area contributed by atoms with Gasteiger partial charge in [-0.15, -0.1) is 0 Å². The maximum absolute atomic E-state index is 5.75. The first-order chi connectivity index (χ1) is 9.81. The fourth-order valence-corrected chi connectivity index (χ4v) is 2.63. The van der Waals surface area contributed by atoms with E-state index in [1.807, 2.05) is 12.3 Å². The van der Waals surface area contributed by atoms with Crippen molar-refractivity contribution in [3.05, 3.63) is 41.7 Å². The molecule has 0 spiro atoms. The van der Waals surface area contributed by atoms with Crippen LogP contribution in [-0.4, -0.2) is 23.1 Å². The third kappa shape index (κ3) is 2.01.